The van der Waals surface area contributed by atoms with E-state index in [1.165, 1.54) is 39.8 Å². The van der Waals surface area contributed by atoms with Gasteiger partial charge in [0.25, 0.3) is 5.56 Å². The fraction of sp³-hybridized carbons (Fsp3) is 0.240. The molecule has 1 amide bonds. The maximum atomic E-state index is 13.2. The average molecular weight is 464 g/mol. The Morgan fingerprint density at radius 1 is 1.09 bits per heavy atom. The topological polar surface area (TPSA) is 64.0 Å². The van der Waals surface area contributed by atoms with Gasteiger partial charge in [-0.3, -0.25) is 14.2 Å². The number of fused-ring (bicyclic) bond motifs is 1. The van der Waals surface area contributed by atoms with Crippen molar-refractivity contribution in [1.29, 1.82) is 0 Å². The van der Waals surface area contributed by atoms with Crippen LogP contribution in [0.2, 0.25) is 0 Å². The molecule has 2 aromatic carbocycles. The van der Waals surface area contributed by atoms with E-state index in [9.17, 15) is 9.59 Å². The van der Waals surface area contributed by atoms with Crippen LogP contribution in [0.25, 0.3) is 10.2 Å². The maximum Gasteiger partial charge on any atom is 0.272 e. The van der Waals surface area contributed by atoms with E-state index >= 15 is 0 Å². The Hall–Kier alpha value is -2.90. The molecule has 4 aromatic rings. The Labute approximate surface area is 195 Å². The molecule has 0 radical (unpaired) electrons. The number of hydrogen-bond donors (Lipinski definition) is 1. The predicted octanol–water partition coefficient (Wildman–Crippen LogP) is 5.42. The first-order valence-corrected chi connectivity index (χ1v) is 12.4. The van der Waals surface area contributed by atoms with Gasteiger partial charge in [-0.05, 0) is 66.1 Å². The number of carbonyl (C=O) groups excluding carboxylic acids is 1. The summed E-state index contributed by atoms with van der Waals surface area (Å²) in [6.45, 7) is 6.64. The monoisotopic (exact) mass is 463 g/mol. The number of carbonyl (C=O) groups is 1. The van der Waals surface area contributed by atoms with E-state index in [1.807, 2.05) is 41.8 Å². The third-order valence-corrected chi connectivity index (χ3v) is 7.26. The van der Waals surface area contributed by atoms with Crippen LogP contribution >= 0.6 is 23.1 Å². The van der Waals surface area contributed by atoms with Crippen LogP contribution in [0.3, 0.4) is 0 Å². The first-order valence-electron chi connectivity index (χ1n) is 10.5. The minimum absolute atomic E-state index is 0.0678. The quantitative estimate of drug-likeness (QED) is 0.294. The molecule has 0 aliphatic carbocycles. The van der Waals surface area contributed by atoms with Gasteiger partial charge in [0.2, 0.25) is 5.91 Å². The van der Waals surface area contributed by atoms with E-state index in [1.54, 1.807) is 4.57 Å². The lowest BCUT2D eigenvalue weighted by Crippen LogP contribution is -2.24. The van der Waals surface area contributed by atoms with Gasteiger partial charge in [0, 0.05) is 5.69 Å². The number of rotatable bonds is 7. The van der Waals surface area contributed by atoms with Gasteiger partial charge in [-0.15, -0.1) is 11.3 Å². The van der Waals surface area contributed by atoms with E-state index in [2.05, 4.69) is 38.2 Å². The summed E-state index contributed by atoms with van der Waals surface area (Å²) < 4.78 is 2.32. The van der Waals surface area contributed by atoms with Gasteiger partial charge in [0.1, 0.15) is 4.70 Å². The first-order chi connectivity index (χ1) is 15.4. The molecule has 0 fully saturated rings. The lowest BCUT2D eigenvalue weighted by atomic mass is 10.1. The third-order valence-electron chi connectivity index (χ3n) is 5.39. The molecule has 0 spiro atoms. The number of benzene rings is 2. The minimum Gasteiger partial charge on any atom is -0.325 e. The van der Waals surface area contributed by atoms with Crippen molar-refractivity contribution in [2.45, 2.75) is 38.9 Å². The summed E-state index contributed by atoms with van der Waals surface area (Å²) in [6.07, 6.45) is 0.911. The summed E-state index contributed by atoms with van der Waals surface area (Å²) in [5.41, 5.74) is 5.99. The number of amides is 1. The van der Waals surface area contributed by atoms with Crippen LogP contribution in [0, 0.1) is 13.8 Å². The second-order valence-corrected chi connectivity index (χ2v) is 9.59. The van der Waals surface area contributed by atoms with Gasteiger partial charge < -0.3 is 5.32 Å². The van der Waals surface area contributed by atoms with Crippen molar-refractivity contribution >= 4 is 44.9 Å². The first kappa shape index (κ1) is 22.3. The second-order valence-electron chi connectivity index (χ2n) is 7.73. The number of hydrogen-bond acceptors (Lipinski definition) is 5. The highest BCUT2D eigenvalue weighted by molar-refractivity contribution is 7.99. The van der Waals surface area contributed by atoms with E-state index in [0.717, 1.165) is 17.7 Å². The van der Waals surface area contributed by atoms with Crippen molar-refractivity contribution < 1.29 is 4.79 Å². The van der Waals surface area contributed by atoms with Crippen molar-refractivity contribution in [3.63, 3.8) is 0 Å². The zero-order chi connectivity index (χ0) is 22.7. The second kappa shape index (κ2) is 9.71. The molecule has 32 heavy (non-hydrogen) atoms. The van der Waals surface area contributed by atoms with Crippen LogP contribution in [0.15, 0.2) is 63.9 Å². The molecule has 4 rings (SSSR count). The molecule has 0 aliphatic rings. The minimum atomic E-state index is -0.124. The van der Waals surface area contributed by atoms with E-state index < -0.39 is 0 Å². The number of thiophene rings is 1. The number of nitrogens with one attached hydrogen (secondary N) is 1. The van der Waals surface area contributed by atoms with Crippen LogP contribution in [-0.2, 0) is 17.8 Å². The average Bonchev–Trinajstić information content (AvgIpc) is 3.26. The van der Waals surface area contributed by atoms with Gasteiger partial charge >= 0.3 is 0 Å². The highest BCUT2D eigenvalue weighted by Crippen LogP contribution is 2.23. The standard InChI is InChI=1S/C25H25N3O2S2/c1-4-18-6-5-7-20(13-18)26-22(29)15-32-25-27-21-10-11-31-23(21)24(30)28(25)14-19-9-8-16(2)17(3)12-19/h5-13H,4,14-15H2,1-3H3,(H,26,29). The Morgan fingerprint density at radius 3 is 2.72 bits per heavy atom. The van der Waals surface area contributed by atoms with Crippen LogP contribution in [0.5, 0.6) is 0 Å². The summed E-state index contributed by atoms with van der Waals surface area (Å²) >= 11 is 2.69. The summed E-state index contributed by atoms with van der Waals surface area (Å²) in [6, 6.07) is 15.9. The molecule has 0 aliphatic heterocycles. The zero-order valence-corrected chi connectivity index (χ0v) is 20.0. The SMILES string of the molecule is CCc1cccc(NC(=O)CSc2nc3ccsc3c(=O)n2Cc2ccc(C)c(C)c2)c1. The van der Waals surface area contributed by atoms with Gasteiger partial charge in [0.05, 0.1) is 17.8 Å². The van der Waals surface area contributed by atoms with Crippen LogP contribution in [0.1, 0.15) is 29.2 Å². The third kappa shape index (κ3) is 4.95. The Bertz CT molecular complexity index is 1340. The molecule has 0 atom stereocenters. The number of aromatic nitrogens is 2. The molecule has 0 unspecified atom stereocenters. The van der Waals surface area contributed by atoms with Crippen molar-refractivity contribution in [2.24, 2.45) is 0 Å². The molecule has 5 nitrogen and oxygen atoms in total. The Morgan fingerprint density at radius 2 is 1.94 bits per heavy atom. The fourth-order valence-electron chi connectivity index (χ4n) is 3.45. The normalized spacial score (nSPS) is 11.1. The lowest BCUT2D eigenvalue weighted by Gasteiger charge is -2.13. The van der Waals surface area contributed by atoms with E-state index in [-0.39, 0.29) is 17.2 Å². The number of aryl methyl sites for hydroxylation is 3. The van der Waals surface area contributed by atoms with Crippen LogP contribution < -0.4 is 10.9 Å². The molecule has 2 heterocycles. The molecule has 0 saturated carbocycles. The van der Waals surface area contributed by atoms with E-state index in [0.29, 0.717) is 21.9 Å². The lowest BCUT2D eigenvalue weighted by molar-refractivity contribution is -0.113. The summed E-state index contributed by atoms with van der Waals surface area (Å²) in [5.74, 6) is 0.0476. The largest absolute Gasteiger partial charge is 0.325 e. The Kier molecular flexibility index (Phi) is 6.77. The van der Waals surface area contributed by atoms with Gasteiger partial charge in [-0.1, -0.05) is 49.0 Å². The fourth-order valence-corrected chi connectivity index (χ4v) is 5.03. The maximum absolute atomic E-state index is 13.2. The van der Waals surface area contributed by atoms with Crippen LogP contribution in [0.4, 0.5) is 5.69 Å². The smallest absolute Gasteiger partial charge is 0.272 e. The highest BCUT2D eigenvalue weighted by atomic mass is 32.2. The molecular weight excluding hydrogens is 438 g/mol. The molecule has 0 saturated heterocycles. The summed E-state index contributed by atoms with van der Waals surface area (Å²) in [4.78, 5) is 30.5. The molecular formula is C25H25N3O2S2. The zero-order valence-electron chi connectivity index (χ0n) is 18.3. The van der Waals surface area contributed by atoms with Crippen molar-refractivity contribution in [3.05, 3.63) is 86.5 Å². The molecule has 7 heteroatoms. The predicted molar refractivity (Wildman–Crippen MR) is 134 cm³/mol. The molecule has 0 bridgehead atoms. The number of anilines is 1. The van der Waals surface area contributed by atoms with Crippen molar-refractivity contribution in [1.82, 2.24) is 9.55 Å². The van der Waals surface area contributed by atoms with Crippen molar-refractivity contribution in [2.75, 3.05) is 11.1 Å². The summed E-state index contributed by atoms with van der Waals surface area (Å²) in [5, 5.41) is 5.37. The molecule has 2 aromatic heterocycles. The van der Waals surface area contributed by atoms with E-state index in [4.69, 9.17) is 4.98 Å². The molecule has 1 N–H and O–H groups in total. The van der Waals surface area contributed by atoms with Crippen LogP contribution in [-0.4, -0.2) is 21.2 Å². The van der Waals surface area contributed by atoms with Gasteiger partial charge in [-0.25, -0.2) is 4.98 Å². The van der Waals surface area contributed by atoms with Gasteiger partial charge in [0.15, 0.2) is 5.16 Å². The number of thioether (sulfide) groups is 1. The van der Waals surface area contributed by atoms with Crippen molar-refractivity contribution in [3.8, 4) is 0 Å². The highest BCUT2D eigenvalue weighted by Gasteiger charge is 2.15. The van der Waals surface area contributed by atoms with Gasteiger partial charge in [-0.2, -0.15) is 0 Å². The Balaban J connectivity index is 1.58. The summed E-state index contributed by atoms with van der Waals surface area (Å²) in [7, 11) is 0. The number of nitrogens with zero attached hydrogens (tertiary/aromatic N) is 2. The molecule has 164 valence electrons.